The third kappa shape index (κ3) is 12.9. The Balaban J connectivity index is -0.000000851. The van der Waals surface area contributed by atoms with Gasteiger partial charge in [0.25, 0.3) is 10.0 Å². The van der Waals surface area contributed by atoms with Gasteiger partial charge in [0.05, 0.1) is 15.7 Å². The van der Waals surface area contributed by atoms with E-state index in [-0.39, 0.29) is 97.2 Å². The Morgan fingerprint density at radius 2 is 1.23 bits per heavy atom. The van der Waals surface area contributed by atoms with E-state index in [2.05, 4.69) is 60.0 Å². The van der Waals surface area contributed by atoms with Crippen LogP contribution >= 0.6 is 27.0 Å². The monoisotopic (exact) mass is 802 g/mol. The molecule has 2 aliphatic rings. The zero-order valence-corrected chi connectivity index (χ0v) is 33.9. The molecule has 0 saturated heterocycles. The molecule has 7 rings (SSSR count). The molecule has 2 saturated carbocycles. The van der Waals surface area contributed by atoms with E-state index >= 15 is 0 Å². The minimum Gasteiger partial charge on any atom is -0.857 e. The minimum absolute atomic E-state index is 0. The van der Waals surface area contributed by atoms with E-state index < -0.39 is 10.0 Å². The summed E-state index contributed by atoms with van der Waals surface area (Å²) >= 11 is 0. The Kier molecular flexibility index (Phi) is 24.7. The molecule has 294 valence electrons. The molecule has 0 aliphatic heterocycles. The first-order chi connectivity index (χ1) is 22.2. The Morgan fingerprint density at radius 1 is 0.755 bits per heavy atom. The molecule has 2 aliphatic carbocycles. The van der Waals surface area contributed by atoms with Crippen molar-refractivity contribution in [3.63, 3.8) is 0 Å². The molecule has 13 nitrogen and oxygen atoms in total. The summed E-state index contributed by atoms with van der Waals surface area (Å²) in [7, 11) is 0.558. The standard InChI is InChI=1S/C19H23N5O2S.C12H17N5.CH3O.4CH4.Na.2H2S/c1-12-4-8-15(9-5-12)27(25,26)24-11-10-16-17(21-13(2)14-6-7-14)22-19(20-3)23-18(16)24;1-7(8-3-4-8)15-11-9-5-6-14-10(9)16-12(13-2)17-11;1-2;;;;;;;/h4-5,8-11,13-14H,6-7H2,1-3H3,(H2,20,21,22,23);5-8H,3-4H2,1-2H3,(H3,13,14,15,16,17);1H3;4*1H4;;2*1H2/q;;-1;;;;;+1;;/t13-;7-;;;;;;;;/m00......../s1. The molecule has 5 N–H and O–H groups in total. The maximum Gasteiger partial charge on any atom is 1.00 e. The van der Waals surface area contributed by atoms with Crippen LogP contribution in [0.3, 0.4) is 0 Å². The van der Waals surface area contributed by atoms with Crippen molar-refractivity contribution in [1.82, 2.24) is 28.9 Å². The van der Waals surface area contributed by atoms with Crippen molar-refractivity contribution in [2.45, 2.75) is 93.1 Å². The van der Waals surface area contributed by atoms with Gasteiger partial charge in [-0.15, -0.1) is 0 Å². The van der Waals surface area contributed by atoms with Crippen LogP contribution < -0.4 is 55.9 Å². The average Bonchev–Trinajstić information content (AvgIpc) is 4.00. The zero-order chi connectivity index (χ0) is 33.0. The molecule has 4 heterocycles. The van der Waals surface area contributed by atoms with Crippen LogP contribution in [0.15, 0.2) is 53.7 Å². The third-order valence-electron chi connectivity index (χ3n) is 8.34. The van der Waals surface area contributed by atoms with Gasteiger partial charge in [0.1, 0.15) is 17.3 Å². The van der Waals surface area contributed by atoms with Crippen LogP contribution in [0, 0.1) is 18.8 Å². The fraction of sp³-hybridized carbons (Fsp3) is 0.500. The average molecular weight is 803 g/mol. The van der Waals surface area contributed by atoms with Crippen LogP contribution in [0.5, 0.6) is 0 Å². The minimum atomic E-state index is -3.74. The molecule has 5 aromatic rings. The van der Waals surface area contributed by atoms with Gasteiger partial charge in [0.15, 0.2) is 5.65 Å². The second kappa shape index (κ2) is 23.9. The van der Waals surface area contributed by atoms with Crippen LogP contribution in [0.4, 0.5) is 23.5 Å². The Bertz CT molecular complexity index is 1900. The Hall–Kier alpha value is -2.73. The van der Waals surface area contributed by atoms with Gasteiger partial charge in [-0.2, -0.15) is 54.0 Å². The van der Waals surface area contributed by atoms with Gasteiger partial charge in [0, 0.05) is 38.6 Å². The first-order valence-corrected chi connectivity index (χ1v) is 17.0. The number of nitrogens with one attached hydrogen (secondary N) is 5. The fourth-order valence-electron chi connectivity index (χ4n) is 5.25. The topological polar surface area (TPSA) is 178 Å². The number of aromatic amines is 1. The number of benzene rings is 1. The number of anilines is 4. The second-order valence-electron chi connectivity index (χ2n) is 11.7. The molecule has 4 aromatic heterocycles. The van der Waals surface area contributed by atoms with E-state index in [9.17, 15) is 8.42 Å². The van der Waals surface area contributed by atoms with E-state index in [0.717, 1.165) is 35.4 Å². The maximum atomic E-state index is 13.1. The van der Waals surface area contributed by atoms with E-state index in [1.165, 1.54) is 29.7 Å². The van der Waals surface area contributed by atoms with Gasteiger partial charge >= 0.3 is 29.6 Å². The van der Waals surface area contributed by atoms with Gasteiger partial charge < -0.3 is 31.4 Å². The largest absolute Gasteiger partial charge is 1.00 e. The molecule has 0 radical (unpaired) electrons. The number of hydrogen-bond acceptors (Lipinski definition) is 11. The van der Waals surface area contributed by atoms with Crippen molar-refractivity contribution in [1.29, 1.82) is 0 Å². The molecule has 0 spiro atoms. The van der Waals surface area contributed by atoms with Gasteiger partial charge in [-0.3, -0.25) is 0 Å². The maximum absolute atomic E-state index is 13.1. The third-order valence-corrected chi connectivity index (χ3v) is 10.0. The van der Waals surface area contributed by atoms with Gasteiger partial charge in [-0.05, 0) is 82.6 Å². The summed E-state index contributed by atoms with van der Waals surface area (Å²) in [5.41, 5.74) is 2.24. The molecule has 53 heavy (non-hydrogen) atoms. The summed E-state index contributed by atoms with van der Waals surface area (Å²) in [4.78, 5) is 21.1. The Labute approximate surface area is 354 Å². The summed E-state index contributed by atoms with van der Waals surface area (Å²) in [6.45, 7) is 6.27. The fourth-order valence-corrected chi connectivity index (χ4v) is 6.55. The van der Waals surface area contributed by atoms with Crippen LogP contribution in [0.1, 0.15) is 74.8 Å². The molecular formula is C36H63N10NaO3S3. The van der Waals surface area contributed by atoms with Crippen molar-refractivity contribution in [2.75, 3.05) is 42.5 Å². The first-order valence-electron chi connectivity index (χ1n) is 15.5. The summed E-state index contributed by atoms with van der Waals surface area (Å²) in [6, 6.07) is 11.3. The summed E-state index contributed by atoms with van der Waals surface area (Å²) in [5.74, 6) is 4.04. The van der Waals surface area contributed by atoms with E-state index in [1.54, 1.807) is 43.6 Å². The SMILES string of the molecule is C.C.C.C.CNc1nc(N[C@@H](C)C2CC2)c2cc[nH]c2n1.CNc1nc(N[C@@H](C)C2CC2)c2ccn(S(=O)(=O)c3ccc(C)cc3)c2n1.C[O-].S.S.[Na+]. The Morgan fingerprint density at radius 3 is 1.70 bits per heavy atom. The van der Waals surface area contributed by atoms with Gasteiger partial charge in [0.2, 0.25) is 11.9 Å². The predicted molar refractivity (Wildman–Crippen MR) is 230 cm³/mol. The molecular weight excluding hydrogens is 740 g/mol. The molecule has 0 unspecified atom stereocenters. The summed E-state index contributed by atoms with van der Waals surface area (Å²) in [6.07, 6.45) is 8.52. The second-order valence-corrected chi connectivity index (χ2v) is 13.6. The number of hydrogen-bond donors (Lipinski definition) is 5. The predicted octanol–water partition coefficient (Wildman–Crippen LogP) is 4.19. The van der Waals surface area contributed by atoms with Gasteiger partial charge in [-0.1, -0.05) is 47.4 Å². The molecule has 2 fully saturated rings. The molecule has 0 bridgehead atoms. The number of aromatic nitrogens is 6. The number of H-pyrrole nitrogens is 1. The molecule has 17 heteroatoms. The summed E-state index contributed by atoms with van der Waals surface area (Å²) < 4.78 is 27.5. The van der Waals surface area contributed by atoms with Gasteiger partial charge in [-0.25, -0.2) is 12.4 Å². The van der Waals surface area contributed by atoms with E-state index in [4.69, 9.17) is 5.11 Å². The summed E-state index contributed by atoms with van der Waals surface area (Å²) in [5, 5.41) is 22.8. The number of fused-ring (bicyclic) bond motifs is 2. The number of aryl methyl sites for hydroxylation is 1. The number of nitrogens with zero attached hydrogens (tertiary/aromatic N) is 5. The molecule has 1 aromatic carbocycles. The smallest absolute Gasteiger partial charge is 0.857 e. The van der Waals surface area contributed by atoms with Crippen molar-refractivity contribution < 1.29 is 43.1 Å². The first kappa shape index (κ1) is 54.6. The van der Waals surface area contributed by atoms with Crippen molar-refractivity contribution >= 4 is 82.6 Å². The van der Waals surface area contributed by atoms with Crippen LogP contribution in [0.25, 0.3) is 22.1 Å². The normalized spacial score (nSPS) is 13.6. The number of rotatable bonds is 10. The van der Waals surface area contributed by atoms with Crippen molar-refractivity contribution in [3.8, 4) is 0 Å². The quantitative estimate of drug-likeness (QED) is 0.128. The zero-order valence-electron chi connectivity index (χ0n) is 29.1. The van der Waals surface area contributed by atoms with Crippen LogP contribution in [0.2, 0.25) is 0 Å². The molecule has 0 amide bonds. The van der Waals surface area contributed by atoms with E-state index in [1.807, 2.05) is 26.2 Å². The van der Waals surface area contributed by atoms with Crippen molar-refractivity contribution in [2.24, 2.45) is 11.8 Å². The van der Waals surface area contributed by atoms with Crippen LogP contribution in [-0.4, -0.2) is 70.6 Å². The molecule has 2 atom stereocenters. The van der Waals surface area contributed by atoms with Crippen molar-refractivity contribution in [3.05, 3.63) is 54.4 Å². The van der Waals surface area contributed by atoms with E-state index in [0.29, 0.717) is 40.7 Å². The van der Waals surface area contributed by atoms with Crippen LogP contribution in [-0.2, 0) is 10.0 Å².